The molecule has 0 aliphatic carbocycles. The minimum absolute atomic E-state index is 0.236. The van der Waals surface area contributed by atoms with Gasteiger partial charge in [-0.25, -0.2) is 14.4 Å². The quantitative estimate of drug-likeness (QED) is 0.267. The third kappa shape index (κ3) is 5.42. The fourth-order valence-corrected chi connectivity index (χ4v) is 4.86. The van der Waals surface area contributed by atoms with E-state index in [0.717, 1.165) is 55.1 Å². The van der Waals surface area contributed by atoms with Crippen molar-refractivity contribution in [1.29, 1.82) is 0 Å². The number of benzene rings is 1. The highest BCUT2D eigenvalue weighted by atomic mass is 32.1. The molecule has 0 bridgehead atoms. The van der Waals surface area contributed by atoms with Crippen molar-refractivity contribution < 1.29 is 9.18 Å². The Morgan fingerprint density at radius 3 is 2.54 bits per heavy atom. The molecule has 1 fully saturated rings. The van der Waals surface area contributed by atoms with Gasteiger partial charge < -0.3 is 9.80 Å². The lowest BCUT2D eigenvalue weighted by atomic mass is 9.90. The number of likely N-dealkylation sites (tertiary alicyclic amines) is 1. The second kappa shape index (κ2) is 11.1. The van der Waals surface area contributed by atoms with Gasteiger partial charge >= 0.3 is 0 Å². The Morgan fingerprint density at radius 2 is 1.91 bits per heavy atom. The fourth-order valence-electron chi connectivity index (χ4n) is 4.64. The van der Waals surface area contributed by atoms with E-state index in [9.17, 15) is 9.18 Å². The molecule has 1 aromatic carbocycles. The van der Waals surface area contributed by atoms with Crippen molar-refractivity contribution in [3.8, 4) is 0 Å². The normalized spacial score (nSPS) is 15.3. The van der Waals surface area contributed by atoms with E-state index in [-0.39, 0.29) is 11.7 Å². The summed E-state index contributed by atoms with van der Waals surface area (Å²) in [6, 6.07) is 10.4. The van der Waals surface area contributed by atoms with Gasteiger partial charge in [-0.15, -0.1) is 12.6 Å². The van der Waals surface area contributed by atoms with E-state index >= 15 is 0 Å². The van der Waals surface area contributed by atoms with E-state index in [4.69, 9.17) is 4.98 Å². The number of pyridine rings is 1. The molecule has 1 aliphatic rings. The number of carbonyl (C=O) groups is 1. The van der Waals surface area contributed by atoms with Gasteiger partial charge in [0.1, 0.15) is 17.3 Å². The third-order valence-electron chi connectivity index (χ3n) is 6.61. The number of aliphatic imine (C=N–C) groups is 1. The molecule has 184 valence electrons. The molecule has 1 aliphatic heterocycles. The van der Waals surface area contributed by atoms with Crippen molar-refractivity contribution in [2.24, 2.45) is 4.99 Å². The first-order chi connectivity index (χ1) is 16.9. The zero-order valence-corrected chi connectivity index (χ0v) is 21.4. The Bertz CT molecular complexity index is 1240. The molecule has 0 N–H and O–H groups in total. The second-order valence-electron chi connectivity index (χ2n) is 8.81. The van der Waals surface area contributed by atoms with Gasteiger partial charge in [-0.2, -0.15) is 0 Å². The van der Waals surface area contributed by atoms with Crippen LogP contribution in [0.1, 0.15) is 55.8 Å². The van der Waals surface area contributed by atoms with Gasteiger partial charge in [0.2, 0.25) is 5.91 Å². The fraction of sp³-hybridized carbons (Fsp3) is 0.370. The molecule has 35 heavy (non-hydrogen) atoms. The van der Waals surface area contributed by atoms with Crippen LogP contribution < -0.4 is 4.90 Å². The number of aryl methyl sites for hydroxylation is 1. The van der Waals surface area contributed by atoms with Gasteiger partial charge in [-0.1, -0.05) is 19.9 Å². The molecule has 0 radical (unpaired) electrons. The molecule has 8 heteroatoms. The first kappa shape index (κ1) is 25.0. The van der Waals surface area contributed by atoms with E-state index in [2.05, 4.69) is 47.3 Å². The van der Waals surface area contributed by atoms with Crippen LogP contribution in [0, 0.1) is 5.82 Å². The monoisotopic (exact) mass is 493 g/mol. The number of hydrogen-bond donors (Lipinski definition) is 1. The minimum atomic E-state index is -0.287. The molecule has 0 spiro atoms. The zero-order valence-electron chi connectivity index (χ0n) is 20.5. The number of rotatable bonds is 7. The summed E-state index contributed by atoms with van der Waals surface area (Å²) in [6.07, 6.45) is 7.21. The van der Waals surface area contributed by atoms with Crippen LogP contribution in [0.3, 0.4) is 0 Å². The van der Waals surface area contributed by atoms with Crippen LogP contribution in [0.4, 0.5) is 10.2 Å². The third-order valence-corrected chi connectivity index (χ3v) is 6.85. The smallest absolute Gasteiger partial charge is 0.222 e. The highest BCUT2D eigenvalue weighted by Gasteiger charge is 2.24. The number of anilines is 1. The maximum absolute atomic E-state index is 13.3. The molecule has 3 heterocycles. The van der Waals surface area contributed by atoms with Crippen LogP contribution in [0.25, 0.3) is 11.3 Å². The predicted molar refractivity (Wildman–Crippen MR) is 144 cm³/mol. The largest absolute Gasteiger partial charge is 0.343 e. The molecular weight excluding hydrogens is 461 g/mol. The van der Waals surface area contributed by atoms with E-state index in [0.29, 0.717) is 18.0 Å². The number of carbonyl (C=O) groups excluding carboxylic acids is 1. The number of imidazole rings is 1. The topological polar surface area (TPSA) is 53.2 Å². The molecule has 1 saturated heterocycles. The predicted octanol–water partition coefficient (Wildman–Crippen LogP) is 5.54. The Kier molecular flexibility index (Phi) is 7.90. The van der Waals surface area contributed by atoms with Crippen LogP contribution in [-0.4, -0.2) is 46.7 Å². The Labute approximate surface area is 211 Å². The van der Waals surface area contributed by atoms with Crippen molar-refractivity contribution >= 4 is 42.0 Å². The summed E-state index contributed by atoms with van der Waals surface area (Å²) in [5, 5.41) is 1.61. The second-order valence-corrected chi connectivity index (χ2v) is 9.07. The van der Waals surface area contributed by atoms with Crippen molar-refractivity contribution in [2.75, 3.05) is 25.0 Å². The number of amides is 1. The van der Waals surface area contributed by atoms with Crippen LogP contribution in [0.2, 0.25) is 0 Å². The number of hydrogen-bond acceptors (Lipinski definition) is 4. The van der Waals surface area contributed by atoms with Crippen molar-refractivity contribution in [3.05, 3.63) is 70.6 Å². The lowest BCUT2D eigenvalue weighted by molar-refractivity contribution is -0.131. The minimum Gasteiger partial charge on any atom is -0.343 e. The first-order valence-electron chi connectivity index (χ1n) is 12.1. The average Bonchev–Trinajstić information content (AvgIpc) is 3.27. The standard InChI is InChI=1S/C27H32FN5OS/c1-4-23-27(31(3)18-29-24(17-35)20-6-9-22(28)10-7-20)33-16-21(8-11-25(33)30-23)19-12-14-32(15-13-19)26(34)5-2/h6-11,16-19,35H,4-5,12-15H2,1-3H3/b24-17-,29-18+. The number of aromatic nitrogens is 2. The van der Waals surface area contributed by atoms with E-state index < -0.39 is 0 Å². The zero-order chi connectivity index (χ0) is 24.9. The van der Waals surface area contributed by atoms with Crippen LogP contribution in [0.15, 0.2) is 53.0 Å². The summed E-state index contributed by atoms with van der Waals surface area (Å²) in [5.74, 6) is 1.32. The summed E-state index contributed by atoms with van der Waals surface area (Å²) in [6.45, 7) is 5.63. The molecule has 0 saturated carbocycles. The Hall–Kier alpha value is -3.13. The van der Waals surface area contributed by atoms with Gasteiger partial charge in [0, 0.05) is 38.3 Å². The highest BCUT2D eigenvalue weighted by Crippen LogP contribution is 2.31. The van der Waals surface area contributed by atoms with Crippen LogP contribution in [0.5, 0.6) is 0 Å². The average molecular weight is 494 g/mol. The lowest BCUT2D eigenvalue weighted by Crippen LogP contribution is -2.37. The van der Waals surface area contributed by atoms with Gasteiger partial charge in [0.15, 0.2) is 0 Å². The summed E-state index contributed by atoms with van der Waals surface area (Å²) < 4.78 is 15.4. The summed E-state index contributed by atoms with van der Waals surface area (Å²) in [5.41, 5.74) is 4.56. The molecular formula is C27H32FN5OS. The van der Waals surface area contributed by atoms with Crippen LogP contribution in [-0.2, 0) is 11.2 Å². The summed E-state index contributed by atoms with van der Waals surface area (Å²) in [4.78, 5) is 25.4. The molecule has 4 rings (SSSR count). The molecule has 2 aromatic heterocycles. The van der Waals surface area contributed by atoms with E-state index in [1.54, 1.807) is 23.9 Å². The molecule has 6 nitrogen and oxygen atoms in total. The number of fused-ring (bicyclic) bond motifs is 1. The van der Waals surface area contributed by atoms with Crippen molar-refractivity contribution in [2.45, 2.75) is 45.4 Å². The molecule has 0 unspecified atom stereocenters. The van der Waals surface area contributed by atoms with Crippen LogP contribution >= 0.6 is 12.6 Å². The van der Waals surface area contributed by atoms with E-state index in [1.807, 2.05) is 23.8 Å². The summed E-state index contributed by atoms with van der Waals surface area (Å²) >= 11 is 4.30. The maximum Gasteiger partial charge on any atom is 0.222 e. The van der Waals surface area contributed by atoms with Gasteiger partial charge in [-0.05, 0) is 66.5 Å². The number of piperidine rings is 1. The highest BCUT2D eigenvalue weighted by molar-refractivity contribution is 7.83. The Balaban J connectivity index is 1.60. The van der Waals surface area contributed by atoms with Crippen molar-refractivity contribution in [1.82, 2.24) is 14.3 Å². The number of nitrogens with zero attached hydrogens (tertiary/aromatic N) is 5. The van der Waals surface area contributed by atoms with E-state index in [1.165, 1.54) is 17.7 Å². The molecule has 1 amide bonds. The van der Waals surface area contributed by atoms with Gasteiger partial charge in [0.05, 0.1) is 17.7 Å². The van der Waals surface area contributed by atoms with Crippen molar-refractivity contribution in [3.63, 3.8) is 0 Å². The number of halogens is 1. The molecule has 3 aromatic rings. The van der Waals surface area contributed by atoms with Gasteiger partial charge in [0.25, 0.3) is 0 Å². The first-order valence-corrected chi connectivity index (χ1v) is 12.6. The van der Waals surface area contributed by atoms with Gasteiger partial charge in [-0.3, -0.25) is 9.20 Å². The molecule has 0 atom stereocenters. The lowest BCUT2D eigenvalue weighted by Gasteiger charge is -2.32. The number of thiol groups is 1. The SMILES string of the molecule is CCC(=O)N1CCC(c2ccc3nc(CC)c(N(C)/C=N/C(=C\S)c4ccc(F)cc4)n3c2)CC1. The Morgan fingerprint density at radius 1 is 1.20 bits per heavy atom. The summed E-state index contributed by atoms with van der Waals surface area (Å²) in [7, 11) is 1.95. The maximum atomic E-state index is 13.3.